The number of nitrogens with zero attached hydrogens (tertiary/aromatic N) is 1. The maximum absolute atomic E-state index is 3.71. The lowest BCUT2D eigenvalue weighted by Gasteiger charge is -2.15. The summed E-state index contributed by atoms with van der Waals surface area (Å²) in [7, 11) is 0. The van der Waals surface area contributed by atoms with Crippen molar-refractivity contribution in [1.29, 1.82) is 0 Å². The summed E-state index contributed by atoms with van der Waals surface area (Å²) in [5.41, 5.74) is 6.09. The lowest BCUT2D eigenvalue weighted by molar-refractivity contribution is -0.559. The second-order valence-corrected chi connectivity index (χ2v) is 7.53. The first-order valence-electron chi connectivity index (χ1n) is 10.4. The Morgan fingerprint density at radius 2 is 1.07 bits per heavy atom. The number of amidine groups is 1. The molecule has 0 heterocycles. The molecular formula is C28H27N2+. The Bertz CT molecular complexity index is 1040. The Morgan fingerprint density at radius 3 is 1.57 bits per heavy atom. The fourth-order valence-electron chi connectivity index (χ4n) is 3.53. The van der Waals surface area contributed by atoms with Crippen LogP contribution in [0.4, 0.5) is 5.69 Å². The van der Waals surface area contributed by atoms with Gasteiger partial charge in [0.05, 0.1) is 5.56 Å². The van der Waals surface area contributed by atoms with Gasteiger partial charge < -0.3 is 0 Å². The Balaban J connectivity index is 1.80. The van der Waals surface area contributed by atoms with Crippen LogP contribution in [0.3, 0.4) is 0 Å². The molecule has 0 spiro atoms. The minimum absolute atomic E-state index is 0.818. The van der Waals surface area contributed by atoms with Gasteiger partial charge in [0.25, 0.3) is 5.84 Å². The monoisotopic (exact) mass is 391 g/mol. The van der Waals surface area contributed by atoms with E-state index in [1.54, 1.807) is 0 Å². The average Bonchev–Trinajstić information content (AvgIpc) is 2.80. The van der Waals surface area contributed by atoms with E-state index in [0.717, 1.165) is 24.6 Å². The molecule has 0 atom stereocenters. The molecular weight excluding hydrogens is 364 g/mol. The smallest absolute Gasteiger partial charge is 0.253 e. The molecule has 0 bridgehead atoms. The van der Waals surface area contributed by atoms with Crippen molar-refractivity contribution in [2.75, 3.05) is 5.32 Å². The number of rotatable bonds is 6. The number of hydrogen-bond donors (Lipinski definition) is 1. The largest absolute Gasteiger partial charge is 0.282 e. The Morgan fingerprint density at radius 1 is 0.600 bits per heavy atom. The summed E-state index contributed by atoms with van der Waals surface area (Å²) in [6, 6.07) is 40.4. The molecule has 0 aliphatic rings. The molecule has 4 aromatic carbocycles. The van der Waals surface area contributed by atoms with Crippen molar-refractivity contribution in [3.63, 3.8) is 0 Å². The van der Waals surface area contributed by atoms with Crippen LogP contribution in [0.2, 0.25) is 0 Å². The van der Waals surface area contributed by atoms with Crippen LogP contribution in [0.15, 0.2) is 115 Å². The van der Waals surface area contributed by atoms with Crippen LogP contribution in [0.25, 0.3) is 0 Å². The highest BCUT2D eigenvalue weighted by atomic mass is 15.1. The molecule has 0 unspecified atom stereocenters. The molecule has 0 amide bonds. The van der Waals surface area contributed by atoms with E-state index in [9.17, 15) is 0 Å². The van der Waals surface area contributed by atoms with Crippen molar-refractivity contribution in [3.8, 4) is 0 Å². The molecule has 2 heteroatoms. The molecule has 4 rings (SSSR count). The van der Waals surface area contributed by atoms with Crippen LogP contribution in [0.1, 0.15) is 22.3 Å². The van der Waals surface area contributed by atoms with E-state index in [1.807, 2.05) is 0 Å². The summed E-state index contributed by atoms with van der Waals surface area (Å²) in [5, 5.41) is 3.71. The van der Waals surface area contributed by atoms with Crippen molar-refractivity contribution in [2.24, 2.45) is 0 Å². The summed E-state index contributed by atoms with van der Waals surface area (Å²) >= 11 is 0. The van der Waals surface area contributed by atoms with Crippen LogP contribution < -0.4 is 5.32 Å². The van der Waals surface area contributed by atoms with Crippen LogP contribution >= 0.6 is 0 Å². The molecule has 0 saturated carbocycles. The summed E-state index contributed by atoms with van der Waals surface area (Å²) in [6.45, 7) is 3.75. The summed E-state index contributed by atoms with van der Waals surface area (Å²) < 4.78 is 2.42. The van der Waals surface area contributed by atoms with Gasteiger partial charge in [0, 0.05) is 0 Å². The van der Waals surface area contributed by atoms with E-state index in [2.05, 4.69) is 132 Å². The molecule has 0 radical (unpaired) electrons. The first kappa shape index (κ1) is 19.7. The lowest BCUT2D eigenvalue weighted by atomic mass is 10.1. The normalized spacial score (nSPS) is 10.4. The van der Waals surface area contributed by atoms with Crippen molar-refractivity contribution >= 4 is 11.5 Å². The summed E-state index contributed by atoms with van der Waals surface area (Å²) in [4.78, 5) is 0. The molecule has 0 fully saturated rings. The van der Waals surface area contributed by atoms with Gasteiger partial charge in [-0.2, -0.15) is 0 Å². The second kappa shape index (κ2) is 9.71. The van der Waals surface area contributed by atoms with Crippen LogP contribution in [0, 0.1) is 6.92 Å². The van der Waals surface area contributed by atoms with Crippen LogP contribution in [-0.2, 0) is 13.1 Å². The fraction of sp³-hybridized carbons (Fsp3) is 0.107. The molecule has 0 saturated heterocycles. The van der Waals surface area contributed by atoms with E-state index in [-0.39, 0.29) is 0 Å². The maximum atomic E-state index is 3.71. The first-order chi connectivity index (χ1) is 14.8. The highest BCUT2D eigenvalue weighted by Gasteiger charge is 2.18. The molecule has 0 aliphatic carbocycles. The zero-order chi connectivity index (χ0) is 20.6. The Labute approximate surface area is 179 Å². The van der Waals surface area contributed by atoms with Crippen molar-refractivity contribution in [1.82, 2.24) is 0 Å². The number of hydrogen-bond acceptors (Lipinski definition) is 0. The lowest BCUT2D eigenvalue weighted by Crippen LogP contribution is -2.28. The van der Waals surface area contributed by atoms with Crippen molar-refractivity contribution in [3.05, 3.63) is 138 Å². The van der Waals surface area contributed by atoms with Gasteiger partial charge >= 0.3 is 0 Å². The van der Waals surface area contributed by atoms with Crippen molar-refractivity contribution in [2.45, 2.75) is 20.0 Å². The molecule has 1 N–H and O–H groups in total. The van der Waals surface area contributed by atoms with Gasteiger partial charge in [-0.3, -0.25) is 4.58 Å². The Kier molecular flexibility index (Phi) is 6.36. The quantitative estimate of drug-likeness (QED) is 0.233. The summed E-state index contributed by atoms with van der Waals surface area (Å²) in [5.74, 6) is 1.10. The van der Waals surface area contributed by atoms with Gasteiger partial charge in [-0.05, 0) is 42.3 Å². The van der Waals surface area contributed by atoms with E-state index in [0.29, 0.717) is 0 Å². The highest BCUT2D eigenvalue weighted by Crippen LogP contribution is 2.14. The SMILES string of the molecule is Cc1ccc(NC(c2ccccc2)=[N+](Cc2ccccc2)Cc2ccccc2)cc1. The van der Waals surface area contributed by atoms with Crippen LogP contribution in [-0.4, -0.2) is 10.4 Å². The highest BCUT2D eigenvalue weighted by molar-refractivity contribution is 6.04. The van der Waals surface area contributed by atoms with Crippen molar-refractivity contribution < 1.29 is 4.58 Å². The van der Waals surface area contributed by atoms with Gasteiger partial charge in [0.2, 0.25) is 0 Å². The molecule has 148 valence electrons. The number of nitrogens with one attached hydrogen (secondary N) is 1. The number of benzene rings is 4. The van der Waals surface area contributed by atoms with Gasteiger partial charge in [-0.25, -0.2) is 5.32 Å². The second-order valence-electron chi connectivity index (χ2n) is 7.53. The number of aryl methyl sites for hydroxylation is 1. The minimum Gasteiger partial charge on any atom is -0.253 e. The van der Waals surface area contributed by atoms with Gasteiger partial charge in [-0.1, -0.05) is 96.6 Å². The van der Waals surface area contributed by atoms with Crippen LogP contribution in [0.5, 0.6) is 0 Å². The minimum atomic E-state index is 0.818. The molecule has 30 heavy (non-hydrogen) atoms. The molecule has 0 aromatic heterocycles. The maximum Gasteiger partial charge on any atom is 0.282 e. The Hall–Kier alpha value is -3.65. The van der Waals surface area contributed by atoms with E-state index < -0.39 is 0 Å². The predicted octanol–water partition coefficient (Wildman–Crippen LogP) is 6.27. The first-order valence-corrected chi connectivity index (χ1v) is 10.4. The third kappa shape index (κ3) is 5.24. The predicted molar refractivity (Wildman–Crippen MR) is 126 cm³/mol. The third-order valence-electron chi connectivity index (χ3n) is 5.11. The number of anilines is 1. The zero-order valence-electron chi connectivity index (χ0n) is 17.3. The average molecular weight is 392 g/mol. The van der Waals surface area contributed by atoms with E-state index in [1.165, 1.54) is 22.3 Å². The zero-order valence-corrected chi connectivity index (χ0v) is 17.3. The van der Waals surface area contributed by atoms with E-state index >= 15 is 0 Å². The van der Waals surface area contributed by atoms with Gasteiger partial charge in [0.1, 0.15) is 18.8 Å². The van der Waals surface area contributed by atoms with Gasteiger partial charge in [-0.15, -0.1) is 0 Å². The topological polar surface area (TPSA) is 15.0 Å². The summed E-state index contributed by atoms with van der Waals surface area (Å²) in [6.07, 6.45) is 0. The standard InChI is InChI=1S/C28H26N2/c1-23-17-19-27(20-18-23)29-28(26-15-9-4-10-16-26)30(21-24-11-5-2-6-12-24)22-25-13-7-3-8-14-25/h2-20H,21-22H2,1H3/p+1. The molecule has 2 nitrogen and oxygen atoms in total. The van der Waals surface area contributed by atoms with Gasteiger partial charge in [0.15, 0.2) is 0 Å². The fourth-order valence-corrected chi connectivity index (χ4v) is 3.53. The molecule has 0 aliphatic heterocycles. The molecule has 4 aromatic rings. The third-order valence-corrected chi connectivity index (χ3v) is 5.11. The van der Waals surface area contributed by atoms with E-state index in [4.69, 9.17) is 0 Å².